The summed E-state index contributed by atoms with van der Waals surface area (Å²) in [5.41, 5.74) is 5.34. The molecule has 2 atom stereocenters. The summed E-state index contributed by atoms with van der Waals surface area (Å²) in [6.07, 6.45) is 9.47. The summed E-state index contributed by atoms with van der Waals surface area (Å²) in [4.78, 5) is 37.4. The molecule has 0 saturated heterocycles. The van der Waals surface area contributed by atoms with Gasteiger partial charge in [-0.2, -0.15) is 33.6 Å². The van der Waals surface area contributed by atoms with Crippen LogP contribution in [-0.2, 0) is 38.0 Å². The average Bonchev–Trinajstić information content (AvgIpc) is 3.94. The van der Waals surface area contributed by atoms with Crippen LogP contribution in [0.25, 0.3) is 17.1 Å². The van der Waals surface area contributed by atoms with Crippen molar-refractivity contribution < 1.29 is 22.8 Å². The van der Waals surface area contributed by atoms with E-state index in [9.17, 15) is 22.8 Å². The molecule has 0 saturated carbocycles. The first-order valence-electron chi connectivity index (χ1n) is 18.2. The predicted octanol–water partition coefficient (Wildman–Crippen LogP) is 7.26. The zero-order valence-corrected chi connectivity index (χ0v) is 31.3. The van der Waals surface area contributed by atoms with Crippen LogP contribution >= 0.6 is 11.6 Å². The Labute approximate surface area is 328 Å². The van der Waals surface area contributed by atoms with Crippen molar-refractivity contribution in [2.24, 2.45) is 7.05 Å². The second-order valence-corrected chi connectivity index (χ2v) is 14.9. The normalized spacial score (nSPS) is 18.2. The van der Waals surface area contributed by atoms with Crippen molar-refractivity contribution in [1.29, 1.82) is 0 Å². The van der Waals surface area contributed by atoms with Crippen LogP contribution in [0.15, 0.2) is 91.1 Å². The van der Waals surface area contributed by atoms with E-state index < -0.39 is 29.1 Å². The molecule has 57 heavy (non-hydrogen) atoms. The lowest BCUT2D eigenvalue weighted by atomic mass is 9.64. The molecular weight excluding hydrogens is 759 g/mol. The highest BCUT2D eigenvalue weighted by Crippen LogP contribution is 2.51. The first kappa shape index (κ1) is 36.2. The standard InChI is InChI=1S/C40H33ClF3N11O2/c1-39-13-6-5-8-24(39)17-23(31-34(53(2)52-35(31)39)38(57)50-26-18-29(41)36(46-20-26)55-47-15-16-48-55)21-54-33-27-9-4-3-7-22(27)10-11-28(33)32(51-54)37(56)49-25-12-14-45-30(19-25)40(42,43)44/h3-9,12,14-16,18-20,23H,10-11,13,17,21H2,1-2H3,(H,50,57)(H,45,49,56). The highest BCUT2D eigenvalue weighted by molar-refractivity contribution is 6.32. The van der Waals surface area contributed by atoms with Crippen molar-refractivity contribution in [2.45, 2.75) is 56.7 Å². The minimum absolute atomic E-state index is 0.0504. The number of halogens is 4. The average molecular weight is 792 g/mol. The fourth-order valence-corrected chi connectivity index (χ4v) is 8.52. The predicted molar refractivity (Wildman–Crippen MR) is 204 cm³/mol. The van der Waals surface area contributed by atoms with E-state index in [4.69, 9.17) is 21.8 Å². The smallest absolute Gasteiger partial charge is 0.320 e. The minimum Gasteiger partial charge on any atom is -0.320 e. The van der Waals surface area contributed by atoms with Crippen molar-refractivity contribution in [3.63, 3.8) is 0 Å². The first-order chi connectivity index (χ1) is 27.4. The number of pyridine rings is 2. The van der Waals surface area contributed by atoms with Crippen molar-refractivity contribution in [3.8, 4) is 17.1 Å². The number of carbonyl (C=O) groups is 2. The van der Waals surface area contributed by atoms with Gasteiger partial charge in [-0.3, -0.25) is 23.9 Å². The summed E-state index contributed by atoms with van der Waals surface area (Å²) in [7, 11) is 1.74. The highest BCUT2D eigenvalue weighted by Gasteiger charge is 2.46. The lowest BCUT2D eigenvalue weighted by molar-refractivity contribution is -0.141. The lowest BCUT2D eigenvalue weighted by Crippen LogP contribution is -2.35. The van der Waals surface area contributed by atoms with E-state index in [0.717, 1.165) is 45.9 Å². The molecule has 288 valence electrons. The molecule has 3 aliphatic carbocycles. The van der Waals surface area contributed by atoms with Crippen LogP contribution in [0.1, 0.15) is 74.7 Å². The van der Waals surface area contributed by atoms with Crippen LogP contribution in [0.2, 0.25) is 5.02 Å². The number of hydrogen-bond donors (Lipinski definition) is 2. The van der Waals surface area contributed by atoms with E-state index in [0.29, 0.717) is 48.4 Å². The third-order valence-electron chi connectivity index (χ3n) is 10.9. The molecule has 3 aliphatic rings. The Morgan fingerprint density at radius 2 is 1.77 bits per heavy atom. The van der Waals surface area contributed by atoms with Crippen molar-refractivity contribution >= 4 is 34.8 Å². The number of allylic oxidation sites excluding steroid dienone is 4. The summed E-state index contributed by atoms with van der Waals surface area (Å²) in [5.74, 6) is -1.06. The van der Waals surface area contributed by atoms with E-state index in [-0.39, 0.29) is 28.9 Å². The summed E-state index contributed by atoms with van der Waals surface area (Å²) in [6.45, 7) is 2.40. The largest absolute Gasteiger partial charge is 0.433 e. The van der Waals surface area contributed by atoms with Gasteiger partial charge in [0.1, 0.15) is 11.4 Å². The molecule has 13 nitrogen and oxygen atoms in total. The zero-order valence-electron chi connectivity index (χ0n) is 30.5. The topological polar surface area (TPSA) is 150 Å². The Balaban J connectivity index is 1.11. The molecular formula is C40H33ClF3N11O2. The van der Waals surface area contributed by atoms with E-state index in [1.54, 1.807) is 17.8 Å². The number of nitrogens with one attached hydrogen (secondary N) is 2. The van der Waals surface area contributed by atoms with Gasteiger partial charge in [-0.15, -0.1) is 4.80 Å². The van der Waals surface area contributed by atoms with Gasteiger partial charge >= 0.3 is 6.18 Å². The molecule has 5 aromatic heterocycles. The highest BCUT2D eigenvalue weighted by atomic mass is 35.5. The van der Waals surface area contributed by atoms with Crippen LogP contribution < -0.4 is 10.6 Å². The second kappa shape index (κ2) is 13.7. The molecule has 17 heteroatoms. The van der Waals surface area contributed by atoms with Crippen LogP contribution in [0.3, 0.4) is 0 Å². The Bertz CT molecular complexity index is 2660. The first-order valence-corrected chi connectivity index (χ1v) is 18.6. The number of amides is 2. The number of aromatic nitrogens is 9. The zero-order chi connectivity index (χ0) is 39.6. The van der Waals surface area contributed by atoms with Gasteiger partial charge in [0.2, 0.25) is 0 Å². The third kappa shape index (κ3) is 6.29. The molecule has 9 rings (SSSR count). The van der Waals surface area contributed by atoms with Gasteiger partial charge in [0.05, 0.1) is 40.7 Å². The maximum absolute atomic E-state index is 14.4. The van der Waals surface area contributed by atoms with E-state index in [1.807, 2.05) is 35.0 Å². The van der Waals surface area contributed by atoms with Gasteiger partial charge in [-0.25, -0.2) is 4.98 Å². The van der Waals surface area contributed by atoms with Crippen LogP contribution in [-0.4, -0.2) is 56.3 Å². The SMILES string of the molecule is Cn1nc2c(c1C(=O)Nc1cnc(-n3nccn3)c(Cl)c1)C(Cn1nc(C(=O)Nc3ccnc(C(F)(F)F)c3)c3c1-c1ccccc1CC3)CC1=CC=CCC12C. The molecule has 0 bridgehead atoms. The van der Waals surface area contributed by atoms with Crippen molar-refractivity contribution in [2.75, 3.05) is 10.6 Å². The Morgan fingerprint density at radius 1 is 0.982 bits per heavy atom. The maximum Gasteiger partial charge on any atom is 0.433 e. The fraction of sp³-hybridized carbons (Fsp3) is 0.250. The number of nitrogens with zero attached hydrogens (tertiary/aromatic N) is 9. The third-order valence-corrected chi connectivity index (χ3v) is 11.2. The Hall–Kier alpha value is -6.42. The fourth-order valence-electron chi connectivity index (χ4n) is 8.28. The summed E-state index contributed by atoms with van der Waals surface area (Å²) in [5, 5.41) is 23.9. The number of rotatable bonds is 7. The van der Waals surface area contributed by atoms with E-state index >= 15 is 0 Å². The number of hydrogen-bond acceptors (Lipinski definition) is 8. The molecule has 0 fully saturated rings. The molecule has 0 radical (unpaired) electrons. The van der Waals surface area contributed by atoms with Gasteiger partial charge in [-0.05, 0) is 56.4 Å². The molecule has 1 aromatic carbocycles. The number of aryl methyl sites for hydroxylation is 2. The molecule has 5 heterocycles. The molecule has 6 aromatic rings. The second-order valence-electron chi connectivity index (χ2n) is 14.5. The Morgan fingerprint density at radius 3 is 2.56 bits per heavy atom. The molecule has 2 amide bonds. The molecule has 2 unspecified atom stereocenters. The molecule has 0 aliphatic heterocycles. The maximum atomic E-state index is 14.4. The van der Waals surface area contributed by atoms with Gasteiger partial charge in [0, 0.05) is 53.5 Å². The van der Waals surface area contributed by atoms with Crippen molar-refractivity contribution in [3.05, 3.63) is 136 Å². The van der Waals surface area contributed by atoms with Gasteiger partial charge in [0.15, 0.2) is 11.5 Å². The number of anilines is 2. The van der Waals surface area contributed by atoms with Gasteiger partial charge in [0.25, 0.3) is 11.8 Å². The molecule has 2 N–H and O–H groups in total. The van der Waals surface area contributed by atoms with Gasteiger partial charge < -0.3 is 10.6 Å². The van der Waals surface area contributed by atoms with Crippen LogP contribution in [0, 0.1) is 0 Å². The van der Waals surface area contributed by atoms with Crippen molar-refractivity contribution in [1.82, 2.24) is 44.5 Å². The van der Waals surface area contributed by atoms with Gasteiger partial charge in [-0.1, -0.05) is 59.7 Å². The lowest BCUT2D eigenvalue weighted by Gasteiger charge is -2.40. The number of benzene rings is 1. The van der Waals surface area contributed by atoms with Crippen LogP contribution in [0.5, 0.6) is 0 Å². The number of fused-ring (bicyclic) bond motifs is 6. The summed E-state index contributed by atoms with van der Waals surface area (Å²) in [6, 6.07) is 11.6. The monoisotopic (exact) mass is 791 g/mol. The number of carbonyl (C=O) groups excluding carboxylic acids is 2. The minimum atomic E-state index is -4.68. The summed E-state index contributed by atoms with van der Waals surface area (Å²) < 4.78 is 43.9. The van der Waals surface area contributed by atoms with E-state index in [1.165, 1.54) is 29.5 Å². The summed E-state index contributed by atoms with van der Waals surface area (Å²) >= 11 is 6.54. The Kier molecular flexibility index (Phi) is 8.68. The quantitative estimate of drug-likeness (QED) is 0.172. The van der Waals surface area contributed by atoms with E-state index in [2.05, 4.69) is 49.9 Å². The number of alkyl halides is 3. The molecule has 0 spiro atoms. The van der Waals surface area contributed by atoms with Crippen LogP contribution in [0.4, 0.5) is 24.5 Å².